The van der Waals surface area contributed by atoms with E-state index < -0.39 is 0 Å². The van der Waals surface area contributed by atoms with Crippen LogP contribution in [0.25, 0.3) is 5.65 Å². The second-order valence-corrected chi connectivity index (χ2v) is 3.85. The minimum atomic E-state index is -0.0593. The highest BCUT2D eigenvalue weighted by atomic mass is 16.1. The van der Waals surface area contributed by atoms with Crippen molar-refractivity contribution in [3.63, 3.8) is 0 Å². The van der Waals surface area contributed by atoms with E-state index in [0.717, 1.165) is 5.56 Å². The highest BCUT2D eigenvalue weighted by Gasteiger charge is 2.02. The normalized spacial score (nSPS) is 10.8. The number of hydrogen-bond donors (Lipinski definition) is 0. The van der Waals surface area contributed by atoms with Crippen LogP contribution < -0.4 is 5.56 Å². The molecule has 0 aliphatic heterocycles. The average molecular weight is 225 g/mol. The van der Waals surface area contributed by atoms with E-state index in [1.165, 1.54) is 12.3 Å². The SMILES string of the molecule is O=c1ccnc2ccn(Cc3ccccc3)n12. The van der Waals surface area contributed by atoms with Gasteiger partial charge in [0.15, 0.2) is 5.65 Å². The fraction of sp³-hybridized carbons (Fsp3) is 0.0769. The largest absolute Gasteiger partial charge is 0.279 e. The first-order valence-corrected chi connectivity index (χ1v) is 5.42. The number of hydrogen-bond acceptors (Lipinski definition) is 2. The molecule has 4 nitrogen and oxygen atoms in total. The van der Waals surface area contributed by atoms with Gasteiger partial charge in [-0.25, -0.2) is 4.98 Å². The molecular weight excluding hydrogens is 214 g/mol. The van der Waals surface area contributed by atoms with Gasteiger partial charge in [-0.1, -0.05) is 30.3 Å². The third-order valence-corrected chi connectivity index (χ3v) is 2.69. The molecular formula is C13H11N3O. The van der Waals surface area contributed by atoms with Gasteiger partial charge in [-0.3, -0.25) is 9.48 Å². The molecule has 2 aromatic heterocycles. The molecule has 1 aromatic carbocycles. The van der Waals surface area contributed by atoms with E-state index in [1.54, 1.807) is 4.52 Å². The Morgan fingerprint density at radius 2 is 1.88 bits per heavy atom. The van der Waals surface area contributed by atoms with Crippen LogP contribution in [0, 0.1) is 0 Å². The number of fused-ring (bicyclic) bond motifs is 1. The minimum absolute atomic E-state index is 0.0593. The minimum Gasteiger partial charge on any atom is -0.279 e. The van der Waals surface area contributed by atoms with Gasteiger partial charge < -0.3 is 0 Å². The Balaban J connectivity index is 2.10. The molecule has 0 radical (unpaired) electrons. The molecule has 0 bridgehead atoms. The Morgan fingerprint density at radius 3 is 2.71 bits per heavy atom. The summed E-state index contributed by atoms with van der Waals surface area (Å²) >= 11 is 0. The fourth-order valence-corrected chi connectivity index (χ4v) is 1.90. The Kier molecular flexibility index (Phi) is 2.26. The van der Waals surface area contributed by atoms with Crippen molar-refractivity contribution in [1.29, 1.82) is 0 Å². The van der Waals surface area contributed by atoms with Crippen LogP contribution in [0.1, 0.15) is 5.56 Å². The molecule has 84 valence electrons. The molecule has 0 aliphatic rings. The quantitative estimate of drug-likeness (QED) is 0.663. The molecule has 0 unspecified atom stereocenters. The summed E-state index contributed by atoms with van der Waals surface area (Å²) in [6.45, 7) is 0.663. The van der Waals surface area contributed by atoms with E-state index in [2.05, 4.69) is 4.98 Å². The van der Waals surface area contributed by atoms with Crippen molar-refractivity contribution in [1.82, 2.24) is 14.2 Å². The smallest absolute Gasteiger partial charge is 0.272 e. The van der Waals surface area contributed by atoms with Crippen molar-refractivity contribution >= 4 is 5.65 Å². The van der Waals surface area contributed by atoms with Gasteiger partial charge in [-0.05, 0) is 5.56 Å². The highest BCUT2D eigenvalue weighted by Crippen LogP contribution is 2.04. The monoisotopic (exact) mass is 225 g/mol. The first-order valence-electron chi connectivity index (χ1n) is 5.42. The average Bonchev–Trinajstić information content (AvgIpc) is 2.75. The third kappa shape index (κ3) is 1.73. The summed E-state index contributed by atoms with van der Waals surface area (Å²) in [7, 11) is 0. The Labute approximate surface area is 97.8 Å². The molecule has 0 fully saturated rings. The van der Waals surface area contributed by atoms with Crippen LogP contribution in [0.2, 0.25) is 0 Å². The zero-order valence-corrected chi connectivity index (χ0v) is 9.15. The lowest BCUT2D eigenvalue weighted by Crippen LogP contribution is -2.20. The molecule has 0 saturated heterocycles. The second kappa shape index (κ2) is 3.90. The van der Waals surface area contributed by atoms with E-state index in [9.17, 15) is 4.79 Å². The summed E-state index contributed by atoms with van der Waals surface area (Å²) in [5.41, 5.74) is 1.77. The van der Waals surface area contributed by atoms with Gasteiger partial charge in [0.2, 0.25) is 0 Å². The van der Waals surface area contributed by atoms with Gasteiger partial charge in [0.25, 0.3) is 5.56 Å². The van der Waals surface area contributed by atoms with E-state index in [1.807, 2.05) is 47.3 Å². The van der Waals surface area contributed by atoms with Crippen molar-refractivity contribution in [2.75, 3.05) is 0 Å². The maximum absolute atomic E-state index is 11.8. The molecule has 0 N–H and O–H groups in total. The van der Waals surface area contributed by atoms with E-state index in [4.69, 9.17) is 0 Å². The van der Waals surface area contributed by atoms with Crippen molar-refractivity contribution in [3.8, 4) is 0 Å². The predicted molar refractivity (Wildman–Crippen MR) is 65.0 cm³/mol. The van der Waals surface area contributed by atoms with E-state index in [0.29, 0.717) is 12.2 Å². The van der Waals surface area contributed by atoms with Crippen molar-refractivity contribution in [2.24, 2.45) is 0 Å². The molecule has 3 rings (SSSR count). The standard InChI is InChI=1S/C13H11N3O/c17-13-6-8-14-12-7-9-15(16(12)13)10-11-4-2-1-3-5-11/h1-9H,10H2. The van der Waals surface area contributed by atoms with Gasteiger partial charge in [-0.15, -0.1) is 0 Å². The number of aromatic nitrogens is 3. The summed E-state index contributed by atoms with van der Waals surface area (Å²) in [6.07, 6.45) is 3.40. The van der Waals surface area contributed by atoms with Crippen LogP contribution >= 0.6 is 0 Å². The zero-order valence-electron chi connectivity index (χ0n) is 9.15. The molecule has 0 spiro atoms. The third-order valence-electron chi connectivity index (χ3n) is 2.69. The van der Waals surface area contributed by atoms with Gasteiger partial charge >= 0.3 is 0 Å². The number of benzene rings is 1. The van der Waals surface area contributed by atoms with Crippen LogP contribution in [0.15, 0.2) is 59.7 Å². The predicted octanol–water partition coefficient (Wildman–Crippen LogP) is 1.54. The summed E-state index contributed by atoms with van der Waals surface area (Å²) in [4.78, 5) is 15.9. The van der Waals surface area contributed by atoms with Crippen LogP contribution in [-0.2, 0) is 6.54 Å². The summed E-state index contributed by atoms with van der Waals surface area (Å²) in [5, 5.41) is 0. The lowest BCUT2D eigenvalue weighted by Gasteiger charge is -2.05. The number of nitrogens with zero attached hydrogens (tertiary/aromatic N) is 3. The van der Waals surface area contributed by atoms with Crippen LogP contribution in [-0.4, -0.2) is 14.2 Å². The second-order valence-electron chi connectivity index (χ2n) is 3.85. The van der Waals surface area contributed by atoms with Crippen molar-refractivity contribution in [3.05, 3.63) is 70.8 Å². The first kappa shape index (κ1) is 9.84. The lowest BCUT2D eigenvalue weighted by atomic mass is 10.2. The van der Waals surface area contributed by atoms with Crippen molar-refractivity contribution in [2.45, 2.75) is 6.54 Å². The molecule has 2 heterocycles. The summed E-state index contributed by atoms with van der Waals surface area (Å²) in [6, 6.07) is 13.3. The molecule has 0 aliphatic carbocycles. The van der Waals surface area contributed by atoms with Gasteiger partial charge in [0.05, 0.1) is 6.54 Å². The fourth-order valence-electron chi connectivity index (χ4n) is 1.90. The van der Waals surface area contributed by atoms with Crippen molar-refractivity contribution < 1.29 is 0 Å². The van der Waals surface area contributed by atoms with Gasteiger partial charge in [0.1, 0.15) is 0 Å². The Hall–Kier alpha value is -2.36. The first-order chi connectivity index (χ1) is 8.34. The van der Waals surface area contributed by atoms with Gasteiger partial charge in [-0.2, -0.15) is 4.52 Å². The molecule has 0 saturated carbocycles. The van der Waals surface area contributed by atoms with E-state index in [-0.39, 0.29) is 5.56 Å². The summed E-state index contributed by atoms with van der Waals surface area (Å²) in [5.74, 6) is 0. The van der Waals surface area contributed by atoms with E-state index >= 15 is 0 Å². The van der Waals surface area contributed by atoms with Gasteiger partial charge in [0, 0.05) is 24.5 Å². The highest BCUT2D eigenvalue weighted by molar-refractivity contribution is 5.35. The summed E-state index contributed by atoms with van der Waals surface area (Å²) < 4.78 is 3.44. The molecule has 3 aromatic rings. The van der Waals surface area contributed by atoms with Crippen LogP contribution in [0.5, 0.6) is 0 Å². The Morgan fingerprint density at radius 1 is 1.06 bits per heavy atom. The number of rotatable bonds is 2. The molecule has 0 atom stereocenters. The molecule has 0 amide bonds. The maximum Gasteiger partial charge on any atom is 0.272 e. The molecule has 17 heavy (non-hydrogen) atoms. The van der Waals surface area contributed by atoms with Crippen LogP contribution in [0.4, 0.5) is 0 Å². The Bertz CT molecular complexity index is 697. The topological polar surface area (TPSA) is 39.3 Å². The lowest BCUT2D eigenvalue weighted by molar-refractivity contribution is 0.621. The molecule has 4 heteroatoms. The zero-order chi connectivity index (χ0) is 11.7. The maximum atomic E-state index is 11.8. The van der Waals surface area contributed by atoms with Crippen LogP contribution in [0.3, 0.4) is 0 Å².